The first-order chi connectivity index (χ1) is 8.27. The van der Waals surface area contributed by atoms with Gasteiger partial charge in [-0.1, -0.05) is 13.3 Å². The highest BCUT2D eigenvalue weighted by atomic mass is 79.9. The lowest BCUT2D eigenvalue weighted by atomic mass is 9.96. The van der Waals surface area contributed by atoms with Crippen molar-refractivity contribution in [1.29, 1.82) is 0 Å². The maximum absolute atomic E-state index is 13.5. The largest absolute Gasteiger partial charge is 0.322 e. The van der Waals surface area contributed by atoms with Gasteiger partial charge in [0.2, 0.25) is 5.91 Å². The Balaban J connectivity index is 2.92. The van der Waals surface area contributed by atoms with Gasteiger partial charge in [0.05, 0.1) is 15.7 Å². The topological polar surface area (TPSA) is 55.1 Å². The molecule has 1 rings (SSSR count). The van der Waals surface area contributed by atoms with Crippen molar-refractivity contribution in [2.75, 3.05) is 5.32 Å². The monoisotopic (exact) mass is 320 g/mol. The molecule has 18 heavy (non-hydrogen) atoms. The van der Waals surface area contributed by atoms with Gasteiger partial charge >= 0.3 is 0 Å². The van der Waals surface area contributed by atoms with Crippen molar-refractivity contribution >= 4 is 27.5 Å². The summed E-state index contributed by atoms with van der Waals surface area (Å²) < 4.78 is 26.8. The van der Waals surface area contributed by atoms with Crippen LogP contribution in [0.3, 0.4) is 0 Å². The van der Waals surface area contributed by atoms with E-state index in [0.717, 1.165) is 18.6 Å². The number of carbonyl (C=O) groups excluding carboxylic acids is 1. The number of hydrogen-bond donors (Lipinski definition) is 2. The molecule has 0 spiro atoms. The molecule has 0 radical (unpaired) electrons. The minimum absolute atomic E-state index is 0.00191. The molecular weight excluding hydrogens is 306 g/mol. The van der Waals surface area contributed by atoms with Crippen LogP contribution >= 0.6 is 15.9 Å². The van der Waals surface area contributed by atoms with E-state index in [-0.39, 0.29) is 10.2 Å². The summed E-state index contributed by atoms with van der Waals surface area (Å²) in [7, 11) is 0. The molecule has 0 fully saturated rings. The minimum Gasteiger partial charge on any atom is -0.322 e. The predicted molar refractivity (Wildman–Crippen MR) is 70.2 cm³/mol. The summed E-state index contributed by atoms with van der Waals surface area (Å²) in [6.07, 6.45) is 1.18. The quantitative estimate of drug-likeness (QED) is 0.837. The molecule has 1 atom stereocenters. The number of benzene rings is 1. The zero-order valence-electron chi connectivity index (χ0n) is 10.2. The van der Waals surface area contributed by atoms with Gasteiger partial charge in [-0.2, -0.15) is 0 Å². The first kappa shape index (κ1) is 15.0. The van der Waals surface area contributed by atoms with Crippen LogP contribution in [-0.2, 0) is 4.79 Å². The van der Waals surface area contributed by atoms with E-state index in [0.29, 0.717) is 6.42 Å². The van der Waals surface area contributed by atoms with Crippen molar-refractivity contribution in [3.05, 3.63) is 28.2 Å². The summed E-state index contributed by atoms with van der Waals surface area (Å²) in [5.41, 5.74) is 4.48. The summed E-state index contributed by atoms with van der Waals surface area (Å²) in [5, 5.41) is 2.30. The molecule has 0 saturated carbocycles. The normalized spacial score (nSPS) is 14.1. The molecule has 1 aromatic carbocycles. The van der Waals surface area contributed by atoms with Gasteiger partial charge in [-0.3, -0.25) is 4.79 Å². The lowest BCUT2D eigenvalue weighted by Crippen LogP contribution is -2.48. The second-order valence-electron chi connectivity index (χ2n) is 4.37. The maximum Gasteiger partial charge on any atom is 0.244 e. The number of halogens is 3. The maximum atomic E-state index is 13.5. The number of rotatable bonds is 4. The Hall–Kier alpha value is -1.01. The fourth-order valence-corrected chi connectivity index (χ4v) is 1.83. The average molecular weight is 321 g/mol. The number of amides is 1. The van der Waals surface area contributed by atoms with Crippen molar-refractivity contribution in [2.24, 2.45) is 5.73 Å². The summed E-state index contributed by atoms with van der Waals surface area (Å²) in [6, 6.07) is 1.87. The third kappa shape index (κ3) is 3.49. The highest BCUT2D eigenvalue weighted by Gasteiger charge is 2.28. The van der Waals surface area contributed by atoms with E-state index in [1.165, 1.54) is 0 Å². The highest BCUT2D eigenvalue weighted by Crippen LogP contribution is 2.24. The van der Waals surface area contributed by atoms with Crippen LogP contribution in [0.4, 0.5) is 14.5 Å². The fraction of sp³-hybridized carbons (Fsp3) is 0.417. The molecule has 3 N–H and O–H groups in total. The number of carbonyl (C=O) groups is 1. The smallest absolute Gasteiger partial charge is 0.244 e. The van der Waals surface area contributed by atoms with Crippen LogP contribution in [0.2, 0.25) is 0 Å². The van der Waals surface area contributed by atoms with Crippen LogP contribution in [0.15, 0.2) is 16.6 Å². The molecule has 1 amide bonds. The Morgan fingerprint density at radius 1 is 1.44 bits per heavy atom. The lowest BCUT2D eigenvalue weighted by Gasteiger charge is -2.23. The van der Waals surface area contributed by atoms with Crippen molar-refractivity contribution in [3.8, 4) is 0 Å². The Bertz CT molecular complexity index is 464. The lowest BCUT2D eigenvalue weighted by molar-refractivity contribution is -0.120. The van der Waals surface area contributed by atoms with Crippen molar-refractivity contribution in [2.45, 2.75) is 32.2 Å². The summed E-state index contributed by atoms with van der Waals surface area (Å²) in [6.45, 7) is 3.44. The van der Waals surface area contributed by atoms with E-state index < -0.39 is 23.1 Å². The molecular formula is C12H15BrF2N2O. The minimum atomic E-state index is -1.11. The molecule has 0 aliphatic carbocycles. The van der Waals surface area contributed by atoms with E-state index in [1.807, 2.05) is 6.92 Å². The molecule has 0 aliphatic heterocycles. The molecule has 0 bridgehead atoms. The van der Waals surface area contributed by atoms with Crippen molar-refractivity contribution in [1.82, 2.24) is 0 Å². The first-order valence-electron chi connectivity index (χ1n) is 5.53. The van der Waals surface area contributed by atoms with Crippen LogP contribution in [-0.4, -0.2) is 11.4 Å². The van der Waals surface area contributed by atoms with Gasteiger partial charge in [-0.15, -0.1) is 0 Å². The van der Waals surface area contributed by atoms with Crippen molar-refractivity contribution < 1.29 is 13.6 Å². The van der Waals surface area contributed by atoms with Gasteiger partial charge in [-0.05, 0) is 35.3 Å². The first-order valence-corrected chi connectivity index (χ1v) is 6.32. The summed E-state index contributed by atoms with van der Waals surface area (Å²) in [5.74, 6) is -1.91. The Morgan fingerprint density at radius 3 is 2.61 bits per heavy atom. The predicted octanol–water partition coefficient (Wildman–Crippen LogP) is 3.18. The van der Waals surface area contributed by atoms with Crippen LogP contribution in [0.5, 0.6) is 0 Å². The molecule has 0 heterocycles. The van der Waals surface area contributed by atoms with Gasteiger partial charge in [0.1, 0.15) is 11.6 Å². The molecule has 1 aromatic rings. The number of hydrogen-bond acceptors (Lipinski definition) is 2. The van der Waals surface area contributed by atoms with Gasteiger partial charge in [0, 0.05) is 6.07 Å². The van der Waals surface area contributed by atoms with E-state index in [4.69, 9.17) is 5.73 Å². The van der Waals surface area contributed by atoms with E-state index >= 15 is 0 Å². The fourth-order valence-electron chi connectivity index (χ4n) is 1.52. The molecule has 1 unspecified atom stereocenters. The van der Waals surface area contributed by atoms with Crippen LogP contribution in [0, 0.1) is 11.6 Å². The summed E-state index contributed by atoms with van der Waals surface area (Å²) >= 11 is 2.86. The third-order valence-electron chi connectivity index (χ3n) is 2.55. The van der Waals surface area contributed by atoms with Crippen LogP contribution in [0.25, 0.3) is 0 Å². The zero-order chi connectivity index (χ0) is 13.9. The molecule has 0 aliphatic rings. The average Bonchev–Trinajstić information content (AvgIpc) is 2.25. The Kier molecular flexibility index (Phi) is 4.81. The number of nitrogens with one attached hydrogen (secondary N) is 1. The second-order valence-corrected chi connectivity index (χ2v) is 5.22. The highest BCUT2D eigenvalue weighted by molar-refractivity contribution is 9.10. The van der Waals surface area contributed by atoms with E-state index in [2.05, 4.69) is 21.2 Å². The van der Waals surface area contributed by atoms with E-state index in [9.17, 15) is 13.6 Å². The van der Waals surface area contributed by atoms with Crippen molar-refractivity contribution in [3.63, 3.8) is 0 Å². The molecule has 6 heteroatoms. The van der Waals surface area contributed by atoms with Gasteiger partial charge in [0.25, 0.3) is 0 Å². The molecule has 100 valence electrons. The zero-order valence-corrected chi connectivity index (χ0v) is 11.8. The van der Waals surface area contributed by atoms with Crippen LogP contribution in [0.1, 0.15) is 26.7 Å². The third-order valence-corrected chi connectivity index (χ3v) is 3.15. The van der Waals surface area contributed by atoms with Gasteiger partial charge < -0.3 is 11.1 Å². The summed E-state index contributed by atoms with van der Waals surface area (Å²) in [4.78, 5) is 11.8. The standard InChI is InChI=1S/C12H15BrF2N2O/c1-3-4-12(2,16)11(18)17-10-6-8(14)7(13)5-9(10)15/h5-6H,3-4,16H2,1-2H3,(H,17,18). The van der Waals surface area contributed by atoms with E-state index in [1.54, 1.807) is 6.92 Å². The SMILES string of the molecule is CCCC(C)(N)C(=O)Nc1cc(F)c(Br)cc1F. The Labute approximate surface area is 113 Å². The second kappa shape index (κ2) is 5.75. The molecule has 3 nitrogen and oxygen atoms in total. The number of nitrogens with two attached hydrogens (primary N) is 1. The van der Waals surface area contributed by atoms with Gasteiger partial charge in [0.15, 0.2) is 0 Å². The molecule has 0 aromatic heterocycles. The number of anilines is 1. The van der Waals surface area contributed by atoms with Gasteiger partial charge in [-0.25, -0.2) is 8.78 Å². The molecule has 0 saturated heterocycles. The Morgan fingerprint density at radius 2 is 2.06 bits per heavy atom. The van der Waals surface area contributed by atoms with Crippen LogP contribution < -0.4 is 11.1 Å².